The van der Waals surface area contributed by atoms with Crippen LogP contribution in [0.1, 0.15) is 12.0 Å². The third-order valence-electron chi connectivity index (χ3n) is 5.30. The molecule has 2 aromatic heterocycles. The molecule has 1 aliphatic heterocycles. The Morgan fingerprint density at radius 2 is 2.10 bits per heavy atom. The number of carbonyl (C=O) groups is 1. The minimum absolute atomic E-state index is 0.0740. The van der Waals surface area contributed by atoms with Gasteiger partial charge in [-0.3, -0.25) is 4.79 Å². The average molecular weight is 429 g/mol. The second-order valence-corrected chi connectivity index (χ2v) is 7.96. The number of nitrogen functional groups attached to an aromatic ring is 1. The Balaban J connectivity index is 1.42. The number of aryl methyl sites for hydroxylation is 1. The average Bonchev–Trinajstić information content (AvgIpc) is 3.25. The van der Waals surface area contributed by atoms with Crippen LogP contribution in [0.4, 0.5) is 11.8 Å². The van der Waals surface area contributed by atoms with Gasteiger partial charge in [-0.1, -0.05) is 12.1 Å². The monoisotopic (exact) mass is 428 g/mol. The molecular weight excluding hydrogens is 404 g/mol. The standard InChI is InChI=1S/C20H24N6O3S/c1-29-15-5-2-13(3-6-15)4-7-16(28)25-8-9-26(14(10-25)11-27)18-17-19(30-12-22-17)24-20(21)23-18/h2-3,5-6,12,14,27H,4,7-11H2,1H3,(H2,21,23,24). The molecule has 0 spiro atoms. The van der Waals surface area contributed by atoms with Gasteiger partial charge in [0.2, 0.25) is 11.9 Å². The van der Waals surface area contributed by atoms with Gasteiger partial charge in [-0.05, 0) is 24.1 Å². The number of thiazole rings is 1. The lowest BCUT2D eigenvalue weighted by Gasteiger charge is -2.41. The van der Waals surface area contributed by atoms with Gasteiger partial charge in [0.15, 0.2) is 10.6 Å². The van der Waals surface area contributed by atoms with E-state index >= 15 is 0 Å². The maximum absolute atomic E-state index is 12.8. The van der Waals surface area contributed by atoms with Crippen molar-refractivity contribution in [1.29, 1.82) is 0 Å². The highest BCUT2D eigenvalue weighted by Gasteiger charge is 2.31. The minimum Gasteiger partial charge on any atom is -0.497 e. The van der Waals surface area contributed by atoms with Crippen LogP contribution >= 0.6 is 11.3 Å². The van der Waals surface area contributed by atoms with E-state index < -0.39 is 0 Å². The summed E-state index contributed by atoms with van der Waals surface area (Å²) in [4.78, 5) is 30.2. The third-order valence-corrected chi connectivity index (χ3v) is 6.02. The molecule has 9 nitrogen and oxygen atoms in total. The molecule has 0 bridgehead atoms. The van der Waals surface area contributed by atoms with Crippen LogP contribution in [0.3, 0.4) is 0 Å². The summed E-state index contributed by atoms with van der Waals surface area (Å²) in [6, 6.07) is 7.46. The number of amides is 1. The summed E-state index contributed by atoms with van der Waals surface area (Å²) in [7, 11) is 1.63. The summed E-state index contributed by atoms with van der Waals surface area (Å²) in [5.74, 6) is 1.66. The molecule has 30 heavy (non-hydrogen) atoms. The Hall–Kier alpha value is -2.98. The van der Waals surface area contributed by atoms with Gasteiger partial charge in [0, 0.05) is 26.1 Å². The number of benzene rings is 1. The van der Waals surface area contributed by atoms with Crippen LogP contribution in [-0.4, -0.2) is 70.3 Å². The van der Waals surface area contributed by atoms with Crippen LogP contribution in [-0.2, 0) is 11.2 Å². The molecule has 3 N–H and O–H groups in total. The van der Waals surface area contributed by atoms with Crippen LogP contribution in [0.15, 0.2) is 29.8 Å². The first-order valence-corrected chi connectivity index (χ1v) is 10.6. The Labute approximate surface area is 178 Å². The highest BCUT2D eigenvalue weighted by atomic mass is 32.1. The van der Waals surface area contributed by atoms with Gasteiger partial charge in [0.25, 0.3) is 0 Å². The zero-order valence-electron chi connectivity index (χ0n) is 16.7. The summed E-state index contributed by atoms with van der Waals surface area (Å²) >= 11 is 1.40. The van der Waals surface area contributed by atoms with Crippen molar-refractivity contribution in [2.24, 2.45) is 0 Å². The number of aromatic nitrogens is 3. The number of anilines is 2. The number of carbonyl (C=O) groups excluding carboxylic acids is 1. The minimum atomic E-state index is -0.275. The Bertz CT molecular complexity index is 1030. The van der Waals surface area contributed by atoms with Gasteiger partial charge >= 0.3 is 0 Å². The van der Waals surface area contributed by atoms with Crippen molar-refractivity contribution >= 4 is 39.4 Å². The van der Waals surface area contributed by atoms with Crippen molar-refractivity contribution < 1.29 is 14.6 Å². The van der Waals surface area contributed by atoms with Crippen molar-refractivity contribution in [3.05, 3.63) is 35.3 Å². The molecule has 1 unspecified atom stereocenters. The Morgan fingerprint density at radius 3 is 2.83 bits per heavy atom. The number of hydrogen-bond acceptors (Lipinski definition) is 9. The van der Waals surface area contributed by atoms with Gasteiger partial charge in [-0.25, -0.2) is 9.97 Å². The molecule has 3 heterocycles. The van der Waals surface area contributed by atoms with Gasteiger partial charge in [-0.2, -0.15) is 4.98 Å². The largest absolute Gasteiger partial charge is 0.497 e. The van der Waals surface area contributed by atoms with Gasteiger partial charge < -0.3 is 25.4 Å². The number of nitrogens with two attached hydrogens (primary N) is 1. The van der Waals surface area contributed by atoms with Crippen LogP contribution in [0.2, 0.25) is 0 Å². The number of fused-ring (bicyclic) bond motifs is 1. The summed E-state index contributed by atoms with van der Waals surface area (Å²) < 4.78 is 5.17. The van der Waals surface area contributed by atoms with Crippen molar-refractivity contribution in [3.63, 3.8) is 0 Å². The fourth-order valence-corrected chi connectivity index (χ4v) is 4.34. The third kappa shape index (κ3) is 4.14. The predicted molar refractivity (Wildman–Crippen MR) is 116 cm³/mol. The molecule has 0 saturated carbocycles. The molecule has 1 saturated heterocycles. The number of rotatable bonds is 6. The first-order chi connectivity index (χ1) is 14.6. The van der Waals surface area contributed by atoms with Gasteiger partial charge in [-0.15, -0.1) is 11.3 Å². The van der Waals surface area contributed by atoms with Crippen LogP contribution in [0.5, 0.6) is 5.75 Å². The van der Waals surface area contributed by atoms with E-state index in [0.29, 0.717) is 48.6 Å². The van der Waals surface area contributed by atoms with Crippen molar-refractivity contribution in [1.82, 2.24) is 19.9 Å². The number of aliphatic hydroxyl groups excluding tert-OH is 1. The lowest BCUT2D eigenvalue weighted by molar-refractivity contribution is -0.132. The second-order valence-electron chi connectivity index (χ2n) is 7.13. The van der Waals surface area contributed by atoms with E-state index in [0.717, 1.165) is 11.3 Å². The molecule has 10 heteroatoms. The van der Waals surface area contributed by atoms with Crippen LogP contribution in [0, 0.1) is 0 Å². The van der Waals surface area contributed by atoms with E-state index in [2.05, 4.69) is 15.0 Å². The Morgan fingerprint density at radius 1 is 1.30 bits per heavy atom. The SMILES string of the molecule is COc1ccc(CCC(=O)N2CCN(c3nc(N)nc4scnc34)C(CO)C2)cc1. The zero-order chi connectivity index (χ0) is 21.1. The zero-order valence-corrected chi connectivity index (χ0v) is 17.5. The molecular formula is C20H24N6O3S. The molecule has 3 aromatic rings. The smallest absolute Gasteiger partial charge is 0.223 e. The van der Waals surface area contributed by atoms with Crippen molar-refractivity contribution in [3.8, 4) is 5.75 Å². The topological polar surface area (TPSA) is 118 Å². The maximum Gasteiger partial charge on any atom is 0.223 e. The molecule has 0 radical (unpaired) electrons. The van der Waals surface area contributed by atoms with Crippen molar-refractivity contribution in [2.45, 2.75) is 18.9 Å². The summed E-state index contributed by atoms with van der Waals surface area (Å²) in [6.45, 7) is 1.42. The first kappa shape index (κ1) is 20.3. The molecule has 4 rings (SSSR count). The second kappa shape index (κ2) is 8.80. The van der Waals surface area contributed by atoms with E-state index in [1.807, 2.05) is 34.1 Å². The fourth-order valence-electron chi connectivity index (χ4n) is 3.68. The molecule has 1 fully saturated rings. The summed E-state index contributed by atoms with van der Waals surface area (Å²) in [5, 5.41) is 9.99. The molecule has 158 valence electrons. The highest BCUT2D eigenvalue weighted by Crippen LogP contribution is 2.29. The van der Waals surface area contributed by atoms with E-state index in [1.165, 1.54) is 11.3 Å². The maximum atomic E-state index is 12.8. The number of nitrogens with zero attached hydrogens (tertiary/aromatic N) is 5. The lowest BCUT2D eigenvalue weighted by atomic mass is 10.1. The van der Waals surface area contributed by atoms with E-state index in [9.17, 15) is 9.90 Å². The quantitative estimate of drug-likeness (QED) is 0.604. The normalized spacial score (nSPS) is 16.8. The molecule has 1 amide bonds. The predicted octanol–water partition coefficient (Wildman–Crippen LogP) is 1.32. The van der Waals surface area contributed by atoms with E-state index in [1.54, 1.807) is 12.6 Å². The first-order valence-electron chi connectivity index (χ1n) is 9.74. The number of methoxy groups -OCH3 is 1. The van der Waals surface area contributed by atoms with Gasteiger partial charge in [0.05, 0.1) is 25.3 Å². The molecule has 1 aromatic carbocycles. The number of aliphatic hydroxyl groups is 1. The number of ether oxygens (including phenoxy) is 1. The molecule has 1 atom stereocenters. The van der Waals surface area contributed by atoms with E-state index in [-0.39, 0.29) is 24.5 Å². The number of hydrogen-bond donors (Lipinski definition) is 2. The van der Waals surface area contributed by atoms with E-state index in [4.69, 9.17) is 10.5 Å². The summed E-state index contributed by atoms with van der Waals surface area (Å²) in [5.41, 5.74) is 9.32. The Kier molecular flexibility index (Phi) is 5.96. The van der Waals surface area contributed by atoms with Crippen molar-refractivity contribution in [2.75, 3.05) is 44.0 Å². The van der Waals surface area contributed by atoms with Crippen LogP contribution in [0.25, 0.3) is 10.3 Å². The van der Waals surface area contributed by atoms with Crippen LogP contribution < -0.4 is 15.4 Å². The molecule has 1 aliphatic rings. The lowest BCUT2D eigenvalue weighted by Crippen LogP contribution is -2.56. The molecule has 0 aliphatic carbocycles. The summed E-state index contributed by atoms with van der Waals surface area (Å²) in [6.07, 6.45) is 1.08. The number of piperazine rings is 1. The fraction of sp³-hybridized carbons (Fsp3) is 0.400. The highest BCUT2D eigenvalue weighted by molar-refractivity contribution is 7.16. The van der Waals surface area contributed by atoms with Gasteiger partial charge in [0.1, 0.15) is 11.3 Å².